The molecule has 1 aliphatic heterocycles. The average molecular weight is 300 g/mol. The number of benzene rings is 1. The van der Waals surface area contributed by atoms with E-state index in [0.29, 0.717) is 13.2 Å². The van der Waals surface area contributed by atoms with Gasteiger partial charge in [-0.2, -0.15) is 0 Å². The van der Waals surface area contributed by atoms with Crippen LogP contribution in [0.5, 0.6) is 0 Å². The van der Waals surface area contributed by atoms with Crippen molar-refractivity contribution in [2.75, 3.05) is 6.61 Å². The molecule has 0 aliphatic carbocycles. The van der Waals surface area contributed by atoms with Crippen molar-refractivity contribution >= 4 is 5.91 Å². The fourth-order valence-electron chi connectivity index (χ4n) is 2.53. The molecule has 1 unspecified atom stereocenters. The van der Waals surface area contributed by atoms with Crippen LogP contribution in [-0.2, 0) is 16.1 Å². The molecule has 1 aliphatic rings. The lowest BCUT2D eigenvalue weighted by molar-refractivity contribution is -0.130. The van der Waals surface area contributed by atoms with Crippen molar-refractivity contribution in [3.8, 4) is 11.3 Å². The van der Waals surface area contributed by atoms with Crippen LogP contribution in [0.1, 0.15) is 18.4 Å². The van der Waals surface area contributed by atoms with Gasteiger partial charge in [0, 0.05) is 24.9 Å². The number of nitrogens with zero attached hydrogens (tertiary/aromatic N) is 1. The summed E-state index contributed by atoms with van der Waals surface area (Å²) in [6, 6.07) is 9.89. The van der Waals surface area contributed by atoms with E-state index >= 15 is 0 Å². The largest absolute Gasteiger partial charge is 0.368 e. The van der Waals surface area contributed by atoms with Crippen LogP contribution in [0.15, 0.2) is 42.6 Å². The Morgan fingerprint density at radius 1 is 1.32 bits per heavy atom. The smallest absolute Gasteiger partial charge is 0.249 e. The molecule has 4 nitrogen and oxygen atoms in total. The third-order valence-corrected chi connectivity index (χ3v) is 3.68. The van der Waals surface area contributed by atoms with E-state index in [2.05, 4.69) is 10.3 Å². The van der Waals surface area contributed by atoms with Gasteiger partial charge in [0.15, 0.2) is 0 Å². The molecule has 3 rings (SSSR count). The molecule has 1 amide bonds. The van der Waals surface area contributed by atoms with Crippen LogP contribution >= 0.6 is 0 Å². The SMILES string of the molecule is O=C(NCc1cccnc1-c1ccc(F)cc1)C1CCCO1. The Labute approximate surface area is 128 Å². The quantitative estimate of drug-likeness (QED) is 0.944. The maximum absolute atomic E-state index is 13.0. The molecule has 0 radical (unpaired) electrons. The third kappa shape index (κ3) is 3.31. The van der Waals surface area contributed by atoms with E-state index in [-0.39, 0.29) is 17.8 Å². The molecule has 0 saturated carbocycles. The first-order valence-corrected chi connectivity index (χ1v) is 7.33. The number of amides is 1. The van der Waals surface area contributed by atoms with Crippen LogP contribution in [0.2, 0.25) is 0 Å². The Bertz CT molecular complexity index is 652. The first-order chi connectivity index (χ1) is 10.7. The zero-order chi connectivity index (χ0) is 15.4. The van der Waals surface area contributed by atoms with Crippen LogP contribution in [0.25, 0.3) is 11.3 Å². The molecular formula is C17H17FN2O2. The molecule has 2 aromatic rings. The first-order valence-electron chi connectivity index (χ1n) is 7.33. The van der Waals surface area contributed by atoms with Gasteiger partial charge in [0.05, 0.1) is 5.69 Å². The van der Waals surface area contributed by atoms with Gasteiger partial charge in [0.25, 0.3) is 0 Å². The van der Waals surface area contributed by atoms with E-state index in [1.807, 2.05) is 12.1 Å². The molecule has 22 heavy (non-hydrogen) atoms. The van der Waals surface area contributed by atoms with Crippen molar-refractivity contribution in [3.63, 3.8) is 0 Å². The Kier molecular flexibility index (Phi) is 4.44. The fraction of sp³-hybridized carbons (Fsp3) is 0.294. The number of rotatable bonds is 4. The topological polar surface area (TPSA) is 51.2 Å². The van der Waals surface area contributed by atoms with Gasteiger partial charge in [-0.1, -0.05) is 6.07 Å². The summed E-state index contributed by atoms with van der Waals surface area (Å²) in [4.78, 5) is 16.4. The first kappa shape index (κ1) is 14.7. The van der Waals surface area contributed by atoms with E-state index in [0.717, 1.165) is 29.7 Å². The molecule has 1 fully saturated rings. The Balaban J connectivity index is 1.73. The highest BCUT2D eigenvalue weighted by Gasteiger charge is 2.23. The van der Waals surface area contributed by atoms with Crippen molar-refractivity contribution in [2.24, 2.45) is 0 Å². The third-order valence-electron chi connectivity index (χ3n) is 3.68. The molecule has 114 valence electrons. The van der Waals surface area contributed by atoms with Gasteiger partial charge in [-0.25, -0.2) is 4.39 Å². The number of nitrogens with one attached hydrogen (secondary N) is 1. The second kappa shape index (κ2) is 6.66. The zero-order valence-corrected chi connectivity index (χ0v) is 12.1. The number of hydrogen-bond acceptors (Lipinski definition) is 3. The zero-order valence-electron chi connectivity index (χ0n) is 12.1. The lowest BCUT2D eigenvalue weighted by Crippen LogP contribution is -2.33. The van der Waals surface area contributed by atoms with Gasteiger partial charge >= 0.3 is 0 Å². The lowest BCUT2D eigenvalue weighted by Gasteiger charge is -2.12. The predicted molar refractivity (Wildman–Crippen MR) is 80.5 cm³/mol. The van der Waals surface area contributed by atoms with Crippen LogP contribution in [-0.4, -0.2) is 23.6 Å². The number of ether oxygens (including phenoxy) is 1. The van der Waals surface area contributed by atoms with E-state index in [1.165, 1.54) is 12.1 Å². The molecule has 1 atom stereocenters. The summed E-state index contributed by atoms with van der Waals surface area (Å²) in [5.41, 5.74) is 2.46. The minimum Gasteiger partial charge on any atom is -0.368 e. The van der Waals surface area contributed by atoms with Gasteiger partial charge < -0.3 is 10.1 Å². The molecule has 1 aromatic carbocycles. The number of pyridine rings is 1. The number of carbonyl (C=O) groups excluding carboxylic acids is 1. The minimum absolute atomic E-state index is 0.0913. The van der Waals surface area contributed by atoms with Crippen LogP contribution < -0.4 is 5.32 Å². The van der Waals surface area contributed by atoms with Gasteiger partial charge in [0.2, 0.25) is 5.91 Å². The summed E-state index contributed by atoms with van der Waals surface area (Å²) >= 11 is 0. The second-order valence-corrected chi connectivity index (χ2v) is 5.24. The van der Waals surface area contributed by atoms with Crippen LogP contribution in [0.3, 0.4) is 0 Å². The van der Waals surface area contributed by atoms with Gasteiger partial charge in [-0.3, -0.25) is 9.78 Å². The summed E-state index contributed by atoms with van der Waals surface area (Å²) < 4.78 is 18.4. The Morgan fingerprint density at radius 3 is 2.86 bits per heavy atom. The molecule has 5 heteroatoms. The summed E-state index contributed by atoms with van der Waals surface area (Å²) in [6.07, 6.45) is 3.03. The van der Waals surface area contributed by atoms with Crippen LogP contribution in [0.4, 0.5) is 4.39 Å². The molecule has 2 heterocycles. The van der Waals surface area contributed by atoms with Gasteiger partial charge in [-0.15, -0.1) is 0 Å². The maximum atomic E-state index is 13.0. The van der Waals surface area contributed by atoms with E-state index in [1.54, 1.807) is 18.3 Å². The monoisotopic (exact) mass is 300 g/mol. The summed E-state index contributed by atoms with van der Waals surface area (Å²) in [5.74, 6) is -0.376. The highest BCUT2D eigenvalue weighted by Crippen LogP contribution is 2.21. The summed E-state index contributed by atoms with van der Waals surface area (Å²) in [6.45, 7) is 1.02. The predicted octanol–water partition coefficient (Wildman–Crippen LogP) is 2.68. The standard InChI is InChI=1S/C17H17FN2O2/c18-14-7-5-12(6-8-14)16-13(3-1-9-19-16)11-20-17(21)15-4-2-10-22-15/h1,3,5-9,15H,2,4,10-11H2,(H,20,21). The van der Waals surface area contributed by atoms with Crippen molar-refractivity contribution < 1.29 is 13.9 Å². The number of halogens is 1. The highest BCUT2D eigenvalue weighted by atomic mass is 19.1. The summed E-state index contributed by atoms with van der Waals surface area (Å²) in [5, 5.41) is 2.88. The van der Waals surface area contributed by atoms with E-state index < -0.39 is 0 Å². The van der Waals surface area contributed by atoms with E-state index in [9.17, 15) is 9.18 Å². The van der Waals surface area contributed by atoms with Crippen molar-refractivity contribution in [1.29, 1.82) is 0 Å². The molecular weight excluding hydrogens is 283 g/mol. The molecule has 0 bridgehead atoms. The Hall–Kier alpha value is -2.27. The van der Waals surface area contributed by atoms with Crippen molar-refractivity contribution in [1.82, 2.24) is 10.3 Å². The second-order valence-electron chi connectivity index (χ2n) is 5.24. The van der Waals surface area contributed by atoms with E-state index in [4.69, 9.17) is 4.74 Å². The van der Waals surface area contributed by atoms with Gasteiger partial charge in [0.1, 0.15) is 11.9 Å². The molecule has 1 N–H and O–H groups in total. The number of aromatic nitrogens is 1. The molecule has 1 saturated heterocycles. The van der Waals surface area contributed by atoms with Crippen LogP contribution in [0, 0.1) is 5.82 Å². The highest BCUT2D eigenvalue weighted by molar-refractivity contribution is 5.81. The average Bonchev–Trinajstić information content (AvgIpc) is 3.08. The Morgan fingerprint density at radius 2 is 2.14 bits per heavy atom. The van der Waals surface area contributed by atoms with Crippen molar-refractivity contribution in [2.45, 2.75) is 25.5 Å². The summed E-state index contributed by atoms with van der Waals surface area (Å²) in [7, 11) is 0. The normalized spacial score (nSPS) is 17.4. The van der Waals surface area contributed by atoms with Crippen molar-refractivity contribution in [3.05, 3.63) is 54.0 Å². The maximum Gasteiger partial charge on any atom is 0.249 e. The lowest BCUT2D eigenvalue weighted by atomic mass is 10.1. The van der Waals surface area contributed by atoms with Gasteiger partial charge in [-0.05, 0) is 48.7 Å². The number of carbonyl (C=O) groups is 1. The fourth-order valence-corrected chi connectivity index (χ4v) is 2.53. The molecule has 0 spiro atoms. The number of hydrogen-bond donors (Lipinski definition) is 1. The minimum atomic E-state index is -0.342. The molecule has 1 aromatic heterocycles.